The van der Waals surface area contributed by atoms with Gasteiger partial charge in [0.2, 0.25) is 0 Å². The van der Waals surface area contributed by atoms with E-state index in [2.05, 4.69) is 5.48 Å². The van der Waals surface area contributed by atoms with E-state index in [1.165, 1.54) is 11.3 Å². The minimum absolute atomic E-state index is 0.280. The first kappa shape index (κ1) is 12.1. The lowest BCUT2D eigenvalue weighted by molar-refractivity contribution is 0.0237. The molecule has 0 unspecified atom stereocenters. The highest BCUT2D eigenvalue weighted by molar-refractivity contribution is 7.17. The molecule has 2 aromatic rings. The molecule has 0 saturated carbocycles. The standard InChI is InChI=1S/C12H10ClNO2S/c13-11-7-6-10(17-11)12(15)14-16-8-9-4-2-1-3-5-9/h1-7H,8H2,(H,14,15). The number of benzene rings is 1. The van der Waals surface area contributed by atoms with Gasteiger partial charge in [-0.05, 0) is 17.7 Å². The van der Waals surface area contributed by atoms with Crippen LogP contribution in [0.2, 0.25) is 4.34 Å². The van der Waals surface area contributed by atoms with Gasteiger partial charge in [0, 0.05) is 0 Å². The van der Waals surface area contributed by atoms with Crippen molar-refractivity contribution >= 4 is 28.8 Å². The summed E-state index contributed by atoms with van der Waals surface area (Å²) in [5.74, 6) is -0.280. The average Bonchev–Trinajstić information content (AvgIpc) is 2.77. The predicted molar refractivity (Wildman–Crippen MR) is 68.0 cm³/mol. The summed E-state index contributed by atoms with van der Waals surface area (Å²) in [4.78, 5) is 17.2. The van der Waals surface area contributed by atoms with Gasteiger partial charge in [-0.2, -0.15) is 0 Å². The van der Waals surface area contributed by atoms with Crippen molar-refractivity contribution < 1.29 is 9.63 Å². The van der Waals surface area contributed by atoms with Gasteiger partial charge < -0.3 is 0 Å². The average molecular weight is 268 g/mol. The first-order valence-electron chi connectivity index (χ1n) is 4.97. The number of hydrogen-bond donors (Lipinski definition) is 1. The zero-order valence-corrected chi connectivity index (χ0v) is 10.4. The maximum atomic E-state index is 11.6. The Morgan fingerprint density at radius 3 is 2.65 bits per heavy atom. The van der Waals surface area contributed by atoms with Crippen LogP contribution >= 0.6 is 22.9 Å². The quantitative estimate of drug-likeness (QED) is 0.864. The van der Waals surface area contributed by atoms with Crippen LogP contribution in [0.3, 0.4) is 0 Å². The van der Waals surface area contributed by atoms with E-state index in [9.17, 15) is 4.79 Å². The lowest BCUT2D eigenvalue weighted by atomic mass is 10.2. The van der Waals surface area contributed by atoms with Crippen LogP contribution in [0.4, 0.5) is 0 Å². The van der Waals surface area contributed by atoms with E-state index in [4.69, 9.17) is 16.4 Å². The van der Waals surface area contributed by atoms with Gasteiger partial charge in [0.25, 0.3) is 5.91 Å². The lowest BCUT2D eigenvalue weighted by Crippen LogP contribution is -2.22. The van der Waals surface area contributed by atoms with E-state index in [1.54, 1.807) is 12.1 Å². The zero-order chi connectivity index (χ0) is 12.1. The van der Waals surface area contributed by atoms with Gasteiger partial charge in [0.1, 0.15) is 0 Å². The Bertz CT molecular complexity index is 498. The molecule has 1 aromatic heterocycles. The number of amides is 1. The summed E-state index contributed by atoms with van der Waals surface area (Å²) in [6.45, 7) is 0.339. The molecule has 1 N–H and O–H groups in total. The fourth-order valence-corrected chi connectivity index (χ4v) is 2.17. The Morgan fingerprint density at radius 2 is 2.00 bits per heavy atom. The molecule has 0 fully saturated rings. The van der Waals surface area contributed by atoms with Gasteiger partial charge in [-0.3, -0.25) is 9.63 Å². The van der Waals surface area contributed by atoms with Crippen molar-refractivity contribution in [2.24, 2.45) is 0 Å². The van der Waals surface area contributed by atoms with Gasteiger partial charge in [0.15, 0.2) is 0 Å². The number of carbonyl (C=O) groups excluding carboxylic acids is 1. The predicted octanol–water partition coefficient (Wildman–Crippen LogP) is 3.26. The molecule has 88 valence electrons. The number of hydroxylamine groups is 1. The number of thiophene rings is 1. The van der Waals surface area contributed by atoms with E-state index in [1.807, 2.05) is 30.3 Å². The van der Waals surface area contributed by atoms with Crippen LogP contribution in [0.15, 0.2) is 42.5 Å². The van der Waals surface area contributed by atoms with Crippen LogP contribution in [0, 0.1) is 0 Å². The highest BCUT2D eigenvalue weighted by Crippen LogP contribution is 2.21. The highest BCUT2D eigenvalue weighted by Gasteiger charge is 2.08. The zero-order valence-electron chi connectivity index (χ0n) is 8.85. The molecule has 2 rings (SSSR count). The molecule has 0 saturated heterocycles. The number of nitrogens with one attached hydrogen (secondary N) is 1. The van der Waals surface area contributed by atoms with Crippen LogP contribution in [0.5, 0.6) is 0 Å². The molecule has 0 radical (unpaired) electrons. The summed E-state index contributed by atoms with van der Waals surface area (Å²) in [5, 5.41) is 0. The van der Waals surface area contributed by atoms with Crippen molar-refractivity contribution in [2.75, 3.05) is 0 Å². The van der Waals surface area contributed by atoms with E-state index in [0.29, 0.717) is 15.8 Å². The molecule has 0 aliphatic rings. The molecule has 17 heavy (non-hydrogen) atoms. The number of carbonyl (C=O) groups is 1. The molecule has 1 heterocycles. The minimum atomic E-state index is -0.280. The van der Waals surface area contributed by atoms with Crippen molar-refractivity contribution in [2.45, 2.75) is 6.61 Å². The summed E-state index contributed by atoms with van der Waals surface area (Å²) < 4.78 is 0.582. The summed E-state index contributed by atoms with van der Waals surface area (Å²) >= 11 is 6.95. The maximum absolute atomic E-state index is 11.6. The summed E-state index contributed by atoms with van der Waals surface area (Å²) in [6.07, 6.45) is 0. The Hall–Kier alpha value is -1.36. The largest absolute Gasteiger partial charge is 0.284 e. The van der Waals surface area contributed by atoms with Gasteiger partial charge in [-0.15, -0.1) is 11.3 Å². The highest BCUT2D eigenvalue weighted by atomic mass is 35.5. The van der Waals surface area contributed by atoms with Crippen molar-refractivity contribution in [3.05, 3.63) is 57.2 Å². The van der Waals surface area contributed by atoms with Crippen LogP contribution in [-0.2, 0) is 11.4 Å². The second-order valence-electron chi connectivity index (χ2n) is 3.31. The maximum Gasteiger partial charge on any atom is 0.284 e. The number of hydrogen-bond acceptors (Lipinski definition) is 3. The first-order chi connectivity index (χ1) is 8.25. The molecular weight excluding hydrogens is 258 g/mol. The van der Waals surface area contributed by atoms with Crippen LogP contribution in [0.25, 0.3) is 0 Å². The smallest absolute Gasteiger partial charge is 0.269 e. The van der Waals surface area contributed by atoms with Gasteiger partial charge in [0.05, 0.1) is 15.8 Å². The SMILES string of the molecule is O=C(NOCc1ccccc1)c1ccc(Cl)s1. The molecule has 0 aliphatic carbocycles. The molecule has 1 amide bonds. The molecule has 0 bridgehead atoms. The number of rotatable bonds is 4. The Balaban J connectivity index is 1.81. The van der Waals surface area contributed by atoms with Gasteiger partial charge >= 0.3 is 0 Å². The number of halogens is 1. The van der Waals surface area contributed by atoms with E-state index >= 15 is 0 Å². The molecular formula is C12H10ClNO2S. The summed E-state index contributed by atoms with van der Waals surface area (Å²) in [7, 11) is 0. The third-order valence-corrected chi connectivity index (χ3v) is 3.27. The Kier molecular flexibility index (Phi) is 4.14. The summed E-state index contributed by atoms with van der Waals surface area (Å²) in [6, 6.07) is 12.9. The van der Waals surface area contributed by atoms with E-state index < -0.39 is 0 Å². The minimum Gasteiger partial charge on any atom is -0.269 e. The normalized spacial score (nSPS) is 10.2. The first-order valence-corrected chi connectivity index (χ1v) is 6.16. The fourth-order valence-electron chi connectivity index (χ4n) is 1.25. The van der Waals surface area contributed by atoms with Crippen molar-refractivity contribution in [1.82, 2.24) is 5.48 Å². The lowest BCUT2D eigenvalue weighted by Gasteiger charge is -2.04. The van der Waals surface area contributed by atoms with Crippen LogP contribution in [0.1, 0.15) is 15.2 Å². The summed E-state index contributed by atoms with van der Waals surface area (Å²) in [5.41, 5.74) is 3.37. The second kappa shape index (κ2) is 5.82. The topological polar surface area (TPSA) is 38.3 Å². The third kappa shape index (κ3) is 3.56. The third-order valence-electron chi connectivity index (χ3n) is 2.04. The van der Waals surface area contributed by atoms with Crippen molar-refractivity contribution in [3.8, 4) is 0 Å². The van der Waals surface area contributed by atoms with Crippen LogP contribution < -0.4 is 5.48 Å². The van der Waals surface area contributed by atoms with E-state index in [0.717, 1.165) is 5.56 Å². The molecule has 0 atom stereocenters. The van der Waals surface area contributed by atoms with Crippen molar-refractivity contribution in [3.63, 3.8) is 0 Å². The van der Waals surface area contributed by atoms with Crippen molar-refractivity contribution in [1.29, 1.82) is 0 Å². The Labute approximate surface area is 108 Å². The molecule has 1 aromatic carbocycles. The molecule has 0 aliphatic heterocycles. The Morgan fingerprint density at radius 1 is 1.24 bits per heavy atom. The molecule has 0 spiro atoms. The monoisotopic (exact) mass is 267 g/mol. The van der Waals surface area contributed by atoms with E-state index in [-0.39, 0.29) is 5.91 Å². The molecule has 3 nitrogen and oxygen atoms in total. The molecule has 5 heteroatoms. The van der Waals surface area contributed by atoms with Crippen LogP contribution in [-0.4, -0.2) is 5.91 Å². The fraction of sp³-hybridized carbons (Fsp3) is 0.0833. The second-order valence-corrected chi connectivity index (χ2v) is 5.02. The van der Waals surface area contributed by atoms with Gasteiger partial charge in [-0.25, -0.2) is 5.48 Å². The van der Waals surface area contributed by atoms with Gasteiger partial charge in [-0.1, -0.05) is 41.9 Å².